The van der Waals surface area contributed by atoms with E-state index in [9.17, 15) is 0 Å². The Balaban J connectivity index is 1.73. The van der Waals surface area contributed by atoms with Gasteiger partial charge in [0.1, 0.15) is 0 Å². The van der Waals surface area contributed by atoms with Crippen molar-refractivity contribution in [3.8, 4) is 0 Å². The first-order valence-corrected chi connectivity index (χ1v) is 7.39. The fourth-order valence-electron chi connectivity index (χ4n) is 3.50. The van der Waals surface area contributed by atoms with Crippen LogP contribution in [0.3, 0.4) is 0 Å². The van der Waals surface area contributed by atoms with E-state index in [1.54, 1.807) is 4.80 Å². The molecule has 2 aliphatic rings. The first-order valence-electron chi connectivity index (χ1n) is 7.39. The highest BCUT2D eigenvalue weighted by molar-refractivity contribution is 4.99. The lowest BCUT2D eigenvalue weighted by atomic mass is 9.97. The molecule has 1 N–H and O–H groups in total. The number of hydrogen-bond donors (Lipinski definition) is 1. The van der Waals surface area contributed by atoms with Crippen molar-refractivity contribution in [2.75, 3.05) is 13.1 Å². The SMILES string of the molecule is CC1CCNC2(CCCC2)CN1Cc1nnn(C)n1. The molecular formula is C13H24N6. The van der Waals surface area contributed by atoms with Crippen LogP contribution in [-0.4, -0.2) is 49.8 Å². The molecule has 0 bridgehead atoms. The van der Waals surface area contributed by atoms with Crippen molar-refractivity contribution in [2.45, 2.75) is 57.2 Å². The van der Waals surface area contributed by atoms with Crippen molar-refractivity contribution in [2.24, 2.45) is 7.05 Å². The minimum Gasteiger partial charge on any atom is -0.310 e. The number of nitrogens with one attached hydrogen (secondary N) is 1. The molecule has 1 atom stereocenters. The molecule has 1 aromatic heterocycles. The minimum atomic E-state index is 0.340. The molecule has 1 saturated carbocycles. The fourth-order valence-corrected chi connectivity index (χ4v) is 3.50. The monoisotopic (exact) mass is 264 g/mol. The number of rotatable bonds is 2. The summed E-state index contributed by atoms with van der Waals surface area (Å²) in [7, 11) is 1.82. The van der Waals surface area contributed by atoms with Crippen LogP contribution >= 0.6 is 0 Å². The maximum atomic E-state index is 4.32. The Kier molecular flexibility index (Phi) is 3.54. The summed E-state index contributed by atoms with van der Waals surface area (Å²) in [6.07, 6.45) is 6.54. The van der Waals surface area contributed by atoms with Crippen molar-refractivity contribution >= 4 is 0 Å². The molecule has 1 aliphatic carbocycles. The standard InChI is InChI=1S/C13H24N6/c1-11-5-8-14-13(6-3-4-7-13)10-19(11)9-12-15-17-18(2)16-12/h11,14H,3-10H2,1-2H3. The van der Waals surface area contributed by atoms with Crippen LogP contribution in [0.2, 0.25) is 0 Å². The molecular weight excluding hydrogens is 240 g/mol. The fraction of sp³-hybridized carbons (Fsp3) is 0.923. The minimum absolute atomic E-state index is 0.340. The average Bonchev–Trinajstić information content (AvgIpc) is 2.95. The molecule has 1 saturated heterocycles. The quantitative estimate of drug-likeness (QED) is 0.852. The largest absolute Gasteiger partial charge is 0.310 e. The Morgan fingerprint density at radius 3 is 2.84 bits per heavy atom. The summed E-state index contributed by atoms with van der Waals surface area (Å²) in [6, 6.07) is 0.580. The van der Waals surface area contributed by atoms with Crippen molar-refractivity contribution < 1.29 is 0 Å². The maximum absolute atomic E-state index is 4.32. The number of aromatic nitrogens is 4. The number of nitrogens with zero attached hydrogens (tertiary/aromatic N) is 5. The molecule has 1 aliphatic heterocycles. The Morgan fingerprint density at radius 1 is 1.37 bits per heavy atom. The molecule has 6 heteroatoms. The molecule has 0 radical (unpaired) electrons. The van der Waals surface area contributed by atoms with Gasteiger partial charge < -0.3 is 5.32 Å². The highest BCUT2D eigenvalue weighted by Gasteiger charge is 2.38. The summed E-state index contributed by atoms with van der Waals surface area (Å²) in [6.45, 7) is 5.38. The Labute approximate surface area is 114 Å². The number of tetrazole rings is 1. The summed E-state index contributed by atoms with van der Waals surface area (Å²) in [5, 5.41) is 16.2. The molecule has 0 aromatic carbocycles. The lowest BCUT2D eigenvalue weighted by Crippen LogP contribution is -2.50. The summed E-state index contributed by atoms with van der Waals surface area (Å²) < 4.78 is 0. The van der Waals surface area contributed by atoms with Crippen molar-refractivity contribution in [3.05, 3.63) is 5.82 Å². The van der Waals surface area contributed by atoms with Crippen LogP contribution in [0.15, 0.2) is 0 Å². The normalized spacial score (nSPS) is 27.8. The Hall–Kier alpha value is -1.01. The van der Waals surface area contributed by atoms with Gasteiger partial charge in [-0.25, -0.2) is 0 Å². The smallest absolute Gasteiger partial charge is 0.188 e. The summed E-state index contributed by atoms with van der Waals surface area (Å²) in [5.41, 5.74) is 0.340. The van der Waals surface area contributed by atoms with Gasteiger partial charge in [-0.2, -0.15) is 4.80 Å². The van der Waals surface area contributed by atoms with Crippen LogP contribution < -0.4 is 5.32 Å². The summed E-state index contributed by atoms with van der Waals surface area (Å²) >= 11 is 0. The van der Waals surface area contributed by atoms with Crippen LogP contribution in [-0.2, 0) is 13.6 Å². The van der Waals surface area contributed by atoms with Crippen LogP contribution in [0.4, 0.5) is 0 Å². The van der Waals surface area contributed by atoms with Crippen LogP contribution in [0, 0.1) is 0 Å². The zero-order chi connectivity index (χ0) is 13.3. The van der Waals surface area contributed by atoms with E-state index in [2.05, 4.69) is 32.6 Å². The molecule has 6 nitrogen and oxygen atoms in total. The van der Waals surface area contributed by atoms with Gasteiger partial charge in [-0.15, -0.1) is 10.2 Å². The number of aryl methyl sites for hydroxylation is 1. The zero-order valence-corrected chi connectivity index (χ0v) is 12.0. The maximum Gasteiger partial charge on any atom is 0.188 e. The third-order valence-corrected chi connectivity index (χ3v) is 4.65. The van der Waals surface area contributed by atoms with E-state index in [0.717, 1.165) is 25.5 Å². The zero-order valence-electron chi connectivity index (χ0n) is 12.0. The van der Waals surface area contributed by atoms with Gasteiger partial charge in [0.25, 0.3) is 0 Å². The molecule has 3 rings (SSSR count). The van der Waals surface area contributed by atoms with Crippen molar-refractivity contribution in [1.29, 1.82) is 0 Å². The topological polar surface area (TPSA) is 58.9 Å². The van der Waals surface area contributed by atoms with E-state index in [0.29, 0.717) is 11.6 Å². The van der Waals surface area contributed by atoms with Gasteiger partial charge in [-0.1, -0.05) is 12.8 Å². The molecule has 1 aromatic rings. The highest BCUT2D eigenvalue weighted by atomic mass is 15.6. The van der Waals surface area contributed by atoms with E-state index < -0.39 is 0 Å². The molecule has 106 valence electrons. The first-order chi connectivity index (χ1) is 9.17. The van der Waals surface area contributed by atoms with E-state index in [1.807, 2.05) is 7.05 Å². The van der Waals surface area contributed by atoms with Gasteiger partial charge in [-0.05, 0) is 37.9 Å². The second-order valence-electron chi connectivity index (χ2n) is 6.15. The molecule has 1 unspecified atom stereocenters. The highest BCUT2D eigenvalue weighted by Crippen LogP contribution is 2.33. The van der Waals surface area contributed by atoms with Crippen LogP contribution in [0.1, 0.15) is 44.9 Å². The van der Waals surface area contributed by atoms with Crippen molar-refractivity contribution in [3.63, 3.8) is 0 Å². The third-order valence-electron chi connectivity index (χ3n) is 4.65. The predicted molar refractivity (Wildman–Crippen MR) is 72.5 cm³/mol. The van der Waals surface area contributed by atoms with Gasteiger partial charge in [0, 0.05) is 18.1 Å². The first kappa shape index (κ1) is 13.0. The second kappa shape index (κ2) is 5.17. The summed E-state index contributed by atoms with van der Waals surface area (Å²) in [4.78, 5) is 4.07. The second-order valence-corrected chi connectivity index (χ2v) is 6.15. The van der Waals surface area contributed by atoms with Gasteiger partial charge >= 0.3 is 0 Å². The molecule has 2 fully saturated rings. The molecule has 19 heavy (non-hydrogen) atoms. The summed E-state index contributed by atoms with van der Waals surface area (Å²) in [5.74, 6) is 0.837. The third kappa shape index (κ3) is 2.79. The van der Waals surface area contributed by atoms with Gasteiger partial charge in [0.2, 0.25) is 0 Å². The van der Waals surface area contributed by atoms with E-state index >= 15 is 0 Å². The number of hydrogen-bond acceptors (Lipinski definition) is 5. The van der Waals surface area contributed by atoms with E-state index in [1.165, 1.54) is 32.1 Å². The Bertz CT molecular complexity index is 423. The van der Waals surface area contributed by atoms with E-state index in [-0.39, 0.29) is 0 Å². The molecule has 2 heterocycles. The van der Waals surface area contributed by atoms with E-state index in [4.69, 9.17) is 0 Å². The van der Waals surface area contributed by atoms with Gasteiger partial charge in [-0.3, -0.25) is 4.90 Å². The van der Waals surface area contributed by atoms with Gasteiger partial charge in [0.15, 0.2) is 5.82 Å². The molecule has 1 spiro atoms. The molecule has 0 amide bonds. The average molecular weight is 264 g/mol. The Morgan fingerprint density at radius 2 is 2.16 bits per heavy atom. The predicted octanol–water partition coefficient (Wildman–Crippen LogP) is 0.707. The van der Waals surface area contributed by atoms with Gasteiger partial charge in [0.05, 0.1) is 13.6 Å². The van der Waals surface area contributed by atoms with Crippen LogP contribution in [0.25, 0.3) is 0 Å². The van der Waals surface area contributed by atoms with Crippen LogP contribution in [0.5, 0.6) is 0 Å². The van der Waals surface area contributed by atoms with Crippen molar-refractivity contribution in [1.82, 2.24) is 30.4 Å². The lowest BCUT2D eigenvalue weighted by molar-refractivity contribution is 0.156. The lowest BCUT2D eigenvalue weighted by Gasteiger charge is -2.34.